The lowest BCUT2D eigenvalue weighted by Gasteiger charge is -2.44. The van der Waals surface area contributed by atoms with E-state index in [-0.39, 0.29) is 5.82 Å². The van der Waals surface area contributed by atoms with Crippen LogP contribution in [-0.2, 0) is 6.42 Å². The summed E-state index contributed by atoms with van der Waals surface area (Å²) in [5, 5.41) is 7.02. The quantitative estimate of drug-likeness (QED) is 0.486. The van der Waals surface area contributed by atoms with E-state index >= 15 is 0 Å². The van der Waals surface area contributed by atoms with E-state index in [1.165, 1.54) is 28.9 Å². The van der Waals surface area contributed by atoms with E-state index in [0.717, 1.165) is 83.0 Å². The lowest BCUT2D eigenvalue weighted by atomic mass is 9.99. The Morgan fingerprint density at radius 1 is 0.789 bits per heavy atom. The molecule has 204 valence electrons. The van der Waals surface area contributed by atoms with Gasteiger partial charge in [-0.05, 0) is 54.7 Å². The molecule has 0 unspecified atom stereocenters. The number of nitrogens with one attached hydrogen (secondary N) is 2. The lowest BCUT2D eigenvalue weighted by Crippen LogP contribution is -2.53. The molecule has 0 spiro atoms. The van der Waals surface area contributed by atoms with Crippen molar-refractivity contribution in [1.29, 1.82) is 0 Å². The second-order valence-corrected chi connectivity index (χ2v) is 10.8. The highest BCUT2D eigenvalue weighted by atomic mass is 19.1. The van der Waals surface area contributed by atoms with Crippen LogP contribution in [0.15, 0.2) is 36.4 Å². The van der Waals surface area contributed by atoms with E-state index in [1.54, 1.807) is 6.07 Å². The highest BCUT2D eigenvalue weighted by molar-refractivity contribution is 5.84. The number of rotatable bonds is 4. The van der Waals surface area contributed by atoms with Gasteiger partial charge in [0.25, 0.3) is 0 Å². The van der Waals surface area contributed by atoms with Crippen LogP contribution in [0.1, 0.15) is 56.7 Å². The molecule has 0 saturated carbocycles. The molecule has 2 saturated heterocycles. The maximum absolute atomic E-state index is 14.3. The Hall–Kier alpha value is -2.99. The Bertz CT molecular complexity index is 1160. The van der Waals surface area contributed by atoms with Crippen LogP contribution in [0, 0.1) is 5.82 Å². The van der Waals surface area contributed by atoms with Crippen molar-refractivity contribution in [2.75, 3.05) is 72.8 Å². The van der Waals surface area contributed by atoms with Gasteiger partial charge in [0.05, 0.1) is 22.7 Å². The van der Waals surface area contributed by atoms with Crippen LogP contribution >= 0.6 is 0 Å². The SMILES string of the molecule is CCC.CCc1cc2c(c(N3CCN(C4CCN(c5ccc(F)c6c5NCC=C6)CC4)CC3)c1)NCC=C2. The van der Waals surface area contributed by atoms with E-state index < -0.39 is 0 Å². The summed E-state index contributed by atoms with van der Waals surface area (Å²) < 4.78 is 14.3. The number of nitrogens with zero attached hydrogens (tertiary/aromatic N) is 3. The van der Waals surface area contributed by atoms with Crippen molar-refractivity contribution in [3.8, 4) is 0 Å². The van der Waals surface area contributed by atoms with Gasteiger partial charge >= 0.3 is 0 Å². The number of piperidine rings is 1. The average molecular weight is 518 g/mol. The minimum absolute atomic E-state index is 0.142. The second-order valence-electron chi connectivity index (χ2n) is 10.8. The van der Waals surface area contributed by atoms with Crippen LogP contribution in [0.4, 0.5) is 27.1 Å². The molecule has 2 aromatic rings. The van der Waals surface area contributed by atoms with Crippen LogP contribution in [0.25, 0.3) is 12.2 Å². The zero-order valence-electron chi connectivity index (χ0n) is 23.4. The summed E-state index contributed by atoms with van der Waals surface area (Å²) in [4.78, 5) is 7.73. The number of hydrogen-bond donors (Lipinski definition) is 2. The first-order valence-electron chi connectivity index (χ1n) is 14.7. The fraction of sp³-hybridized carbons (Fsp3) is 0.500. The van der Waals surface area contributed by atoms with Crippen molar-refractivity contribution >= 4 is 34.9 Å². The summed E-state index contributed by atoms with van der Waals surface area (Å²) in [6.07, 6.45) is 13.0. The van der Waals surface area contributed by atoms with Gasteiger partial charge in [0.2, 0.25) is 0 Å². The van der Waals surface area contributed by atoms with Gasteiger partial charge in [-0.25, -0.2) is 4.39 Å². The number of halogens is 1. The zero-order chi connectivity index (χ0) is 26.5. The third-order valence-electron chi connectivity index (χ3n) is 8.14. The van der Waals surface area contributed by atoms with Crippen LogP contribution < -0.4 is 20.4 Å². The van der Waals surface area contributed by atoms with Gasteiger partial charge < -0.3 is 20.4 Å². The van der Waals surface area contributed by atoms with E-state index in [4.69, 9.17) is 0 Å². The molecular formula is C32H44FN5. The number of aryl methyl sites for hydroxylation is 1. The fourth-order valence-corrected chi connectivity index (χ4v) is 6.17. The van der Waals surface area contributed by atoms with Gasteiger partial charge in [-0.3, -0.25) is 4.90 Å². The van der Waals surface area contributed by atoms with Crippen molar-refractivity contribution < 1.29 is 4.39 Å². The van der Waals surface area contributed by atoms with Gasteiger partial charge in [0, 0.05) is 64.0 Å². The van der Waals surface area contributed by atoms with Crippen LogP contribution in [0.2, 0.25) is 0 Å². The van der Waals surface area contributed by atoms with Crippen molar-refractivity contribution in [1.82, 2.24) is 4.90 Å². The first-order chi connectivity index (χ1) is 18.6. The van der Waals surface area contributed by atoms with Gasteiger partial charge in [-0.15, -0.1) is 0 Å². The standard InChI is InChI=1S/C29H36FN5.C3H8/c1-2-21-19-22-5-3-11-31-28(22)27(20-21)35-17-15-33(16-18-35)23-9-13-34(14-10-23)26-8-7-25(30)24-6-4-12-32-29(24)26;1-3-2/h3-8,19-20,23,31-32H,2,9-18H2,1H3;3H2,1-2H3. The van der Waals surface area contributed by atoms with Crippen LogP contribution in [0.3, 0.4) is 0 Å². The molecule has 2 aromatic carbocycles. The maximum atomic E-state index is 14.3. The molecule has 5 nitrogen and oxygen atoms in total. The number of piperazine rings is 1. The highest BCUT2D eigenvalue weighted by Crippen LogP contribution is 2.37. The maximum Gasteiger partial charge on any atom is 0.132 e. The molecular weight excluding hydrogens is 473 g/mol. The molecule has 2 N–H and O–H groups in total. The number of hydrogen-bond acceptors (Lipinski definition) is 5. The van der Waals surface area contributed by atoms with E-state index in [9.17, 15) is 4.39 Å². The van der Waals surface area contributed by atoms with Gasteiger partial charge in [0.15, 0.2) is 0 Å². The molecule has 2 fully saturated rings. The molecule has 38 heavy (non-hydrogen) atoms. The minimum atomic E-state index is -0.142. The Labute approximate surface area is 228 Å². The third kappa shape index (κ3) is 5.56. The van der Waals surface area contributed by atoms with Crippen molar-refractivity contribution in [3.63, 3.8) is 0 Å². The highest BCUT2D eigenvalue weighted by Gasteiger charge is 2.30. The zero-order valence-corrected chi connectivity index (χ0v) is 23.4. The molecule has 4 aliphatic heterocycles. The molecule has 0 bridgehead atoms. The van der Waals surface area contributed by atoms with E-state index in [1.807, 2.05) is 18.2 Å². The van der Waals surface area contributed by atoms with Crippen molar-refractivity contribution in [2.24, 2.45) is 0 Å². The predicted molar refractivity (Wildman–Crippen MR) is 162 cm³/mol. The molecule has 0 amide bonds. The fourth-order valence-electron chi connectivity index (χ4n) is 6.17. The van der Waals surface area contributed by atoms with E-state index in [0.29, 0.717) is 11.6 Å². The monoisotopic (exact) mass is 517 g/mol. The summed E-state index contributed by atoms with van der Waals surface area (Å²) in [6, 6.07) is 8.93. The van der Waals surface area contributed by atoms with Gasteiger partial charge in [-0.1, -0.05) is 51.5 Å². The normalized spacial score (nSPS) is 19.2. The smallest absolute Gasteiger partial charge is 0.132 e. The predicted octanol–water partition coefficient (Wildman–Crippen LogP) is 6.47. The van der Waals surface area contributed by atoms with Crippen LogP contribution in [-0.4, -0.2) is 63.3 Å². The molecule has 6 rings (SSSR count). The largest absolute Gasteiger partial charge is 0.379 e. The van der Waals surface area contributed by atoms with Crippen molar-refractivity contribution in [3.05, 3.63) is 58.9 Å². The summed E-state index contributed by atoms with van der Waals surface area (Å²) in [5.74, 6) is -0.142. The first-order valence-corrected chi connectivity index (χ1v) is 14.7. The second kappa shape index (κ2) is 12.2. The Balaban J connectivity index is 0.000000937. The average Bonchev–Trinajstić information content (AvgIpc) is 2.97. The Morgan fingerprint density at radius 3 is 2.16 bits per heavy atom. The number of benzene rings is 2. The Morgan fingerprint density at radius 2 is 1.45 bits per heavy atom. The molecule has 0 aliphatic carbocycles. The first kappa shape index (κ1) is 26.6. The van der Waals surface area contributed by atoms with Crippen LogP contribution in [0.5, 0.6) is 0 Å². The summed E-state index contributed by atoms with van der Waals surface area (Å²) in [5.41, 5.74) is 8.23. The lowest BCUT2D eigenvalue weighted by molar-refractivity contribution is 0.160. The van der Waals surface area contributed by atoms with E-state index in [2.05, 4.69) is 70.4 Å². The topological polar surface area (TPSA) is 33.8 Å². The minimum Gasteiger partial charge on any atom is -0.379 e. The third-order valence-corrected chi connectivity index (χ3v) is 8.14. The molecule has 0 aromatic heterocycles. The molecule has 4 aliphatic rings. The molecule has 4 heterocycles. The van der Waals surface area contributed by atoms with Gasteiger partial charge in [0.1, 0.15) is 5.82 Å². The molecule has 6 heteroatoms. The number of anilines is 4. The summed E-state index contributed by atoms with van der Waals surface area (Å²) in [6.45, 7) is 14.6. The Kier molecular flexibility index (Phi) is 8.58. The molecule has 0 radical (unpaired) electrons. The summed E-state index contributed by atoms with van der Waals surface area (Å²) in [7, 11) is 0. The van der Waals surface area contributed by atoms with Gasteiger partial charge in [-0.2, -0.15) is 0 Å². The van der Waals surface area contributed by atoms with Crippen molar-refractivity contribution in [2.45, 2.75) is 52.5 Å². The number of fused-ring (bicyclic) bond motifs is 2. The molecule has 0 atom stereocenters. The summed E-state index contributed by atoms with van der Waals surface area (Å²) >= 11 is 0.